The number of hydrogen-bond acceptors (Lipinski definition) is 6. The first-order valence-corrected chi connectivity index (χ1v) is 14.8. The summed E-state index contributed by atoms with van der Waals surface area (Å²) in [5, 5.41) is 14.5. The van der Waals surface area contributed by atoms with E-state index in [1.165, 1.54) is 10.7 Å². The maximum atomic E-state index is 14.0. The van der Waals surface area contributed by atoms with Gasteiger partial charge in [0.15, 0.2) is 5.65 Å². The number of nitrogens with zero attached hydrogens (tertiary/aromatic N) is 5. The highest BCUT2D eigenvalue weighted by Crippen LogP contribution is 2.44. The quantitative estimate of drug-likeness (QED) is 0.284. The van der Waals surface area contributed by atoms with Crippen molar-refractivity contribution in [2.45, 2.75) is 89.3 Å². The number of nitrogens with one attached hydrogen (secondary N) is 2. The monoisotopic (exact) mass is 607 g/mol. The Morgan fingerprint density at radius 1 is 1.09 bits per heavy atom. The Morgan fingerprint density at radius 2 is 1.84 bits per heavy atom. The van der Waals surface area contributed by atoms with E-state index in [-0.39, 0.29) is 75.2 Å². The van der Waals surface area contributed by atoms with Crippen molar-refractivity contribution in [3.63, 3.8) is 0 Å². The lowest BCUT2D eigenvalue weighted by Gasteiger charge is -2.34. The lowest BCUT2D eigenvalue weighted by molar-refractivity contribution is -0.134. The number of aryl methyl sites for hydroxylation is 1. The second kappa shape index (κ2) is 12.6. The molecular weight excluding hydrogens is 570 g/mol. The molecule has 3 heterocycles. The van der Waals surface area contributed by atoms with Crippen molar-refractivity contribution in [2.24, 2.45) is 11.8 Å². The summed E-state index contributed by atoms with van der Waals surface area (Å²) in [6.45, 7) is 4.73. The van der Waals surface area contributed by atoms with E-state index in [0.29, 0.717) is 35.8 Å². The van der Waals surface area contributed by atoms with Crippen molar-refractivity contribution < 1.29 is 31.9 Å². The summed E-state index contributed by atoms with van der Waals surface area (Å²) < 4.78 is 63.2. The van der Waals surface area contributed by atoms with E-state index < -0.39 is 23.9 Å². The maximum Gasteiger partial charge on any atom is 0.270 e. The molecule has 2 aliphatic rings. The predicted molar refractivity (Wildman–Crippen MR) is 148 cm³/mol. The number of fused-ring (bicyclic) bond motifs is 1. The van der Waals surface area contributed by atoms with Crippen molar-refractivity contribution >= 4 is 17.5 Å². The number of hydrogen-bond donors (Lipinski definition) is 2. The lowest BCUT2D eigenvalue weighted by Crippen LogP contribution is -2.40. The van der Waals surface area contributed by atoms with Crippen LogP contribution in [0.25, 0.3) is 5.65 Å². The van der Waals surface area contributed by atoms with Crippen LogP contribution in [0.5, 0.6) is 0 Å². The average molecular weight is 608 g/mol. The zero-order valence-electron chi connectivity index (χ0n) is 24.2. The van der Waals surface area contributed by atoms with Gasteiger partial charge in [-0.2, -0.15) is 10.2 Å². The van der Waals surface area contributed by atoms with Crippen LogP contribution in [0, 0.1) is 11.8 Å². The van der Waals surface area contributed by atoms with Gasteiger partial charge in [-0.05, 0) is 50.7 Å². The molecule has 0 aromatic carbocycles. The third-order valence-corrected chi connectivity index (χ3v) is 8.32. The summed E-state index contributed by atoms with van der Waals surface area (Å²) >= 11 is 0. The topological polar surface area (TPSA) is 115 Å². The molecule has 0 aliphatic heterocycles. The molecule has 2 N–H and O–H groups in total. The number of carbonyl (C=O) groups is 2. The summed E-state index contributed by atoms with van der Waals surface area (Å²) in [6.07, 6.45) is 4.06. The SMILES string of the molecule is CCOC[C@@H](NC(=O)CC1CC(F)(F)C1)c1cnn2cc([C@@H](NC(=O)c3ccnn3CC)C3CCC(F)(F)CC3)nc2c1. The van der Waals surface area contributed by atoms with E-state index in [2.05, 4.69) is 20.8 Å². The molecule has 5 rings (SSSR count). The molecule has 0 spiro atoms. The summed E-state index contributed by atoms with van der Waals surface area (Å²) in [7, 11) is 0. The number of amides is 2. The normalized spacial score (nSPS) is 20.0. The average Bonchev–Trinajstić information content (AvgIpc) is 3.60. The van der Waals surface area contributed by atoms with Crippen molar-refractivity contribution in [1.29, 1.82) is 0 Å². The van der Waals surface area contributed by atoms with Crippen LogP contribution >= 0.6 is 0 Å². The first-order chi connectivity index (χ1) is 20.5. The minimum absolute atomic E-state index is 0.000158. The van der Waals surface area contributed by atoms with Crippen LogP contribution in [0.1, 0.15) is 92.6 Å². The van der Waals surface area contributed by atoms with E-state index in [9.17, 15) is 27.2 Å². The highest BCUT2D eigenvalue weighted by molar-refractivity contribution is 5.92. The summed E-state index contributed by atoms with van der Waals surface area (Å²) in [4.78, 5) is 30.7. The zero-order chi connectivity index (χ0) is 30.8. The Hall–Kier alpha value is -3.55. The molecule has 2 saturated carbocycles. The summed E-state index contributed by atoms with van der Waals surface area (Å²) in [5.74, 6) is -6.79. The number of imidazole rings is 1. The van der Waals surface area contributed by atoms with Gasteiger partial charge >= 0.3 is 0 Å². The van der Waals surface area contributed by atoms with E-state index in [1.807, 2.05) is 13.8 Å². The molecule has 0 bridgehead atoms. The fourth-order valence-corrected chi connectivity index (χ4v) is 5.97. The number of halogens is 4. The molecule has 3 aromatic heterocycles. The number of carbonyl (C=O) groups excluding carboxylic acids is 2. The Labute approximate surface area is 246 Å². The van der Waals surface area contributed by atoms with Crippen LogP contribution in [-0.2, 0) is 16.1 Å². The molecule has 2 amide bonds. The number of aromatic nitrogens is 5. The van der Waals surface area contributed by atoms with Gasteiger partial charge in [0, 0.05) is 57.0 Å². The van der Waals surface area contributed by atoms with Crippen molar-refractivity contribution in [2.75, 3.05) is 13.2 Å². The molecule has 0 radical (unpaired) electrons. The Kier molecular flexibility index (Phi) is 9.04. The molecule has 2 fully saturated rings. The first-order valence-electron chi connectivity index (χ1n) is 14.8. The molecule has 2 aliphatic carbocycles. The van der Waals surface area contributed by atoms with Crippen LogP contribution < -0.4 is 10.6 Å². The molecule has 0 unspecified atom stereocenters. The molecule has 234 valence electrons. The molecule has 43 heavy (non-hydrogen) atoms. The van der Waals surface area contributed by atoms with E-state index in [1.54, 1.807) is 29.2 Å². The standard InChI is InChI=1S/C29H37F4N7O3/c1-3-39-23(7-10-34-39)27(42)38-26(19-5-8-28(30,31)9-6-19)21-16-40-24(36-21)12-20(15-35-40)22(17-43-4-2)37-25(41)11-18-13-29(32,33)14-18/h7,10,12,15-16,18-19,22,26H,3-6,8-9,11,13-14,17H2,1-2H3,(H,37,41)(H,38,42)/t22-,26+/m1/s1. The Bertz CT molecular complexity index is 1420. The third-order valence-electron chi connectivity index (χ3n) is 8.32. The summed E-state index contributed by atoms with van der Waals surface area (Å²) in [6, 6.07) is 2.11. The van der Waals surface area contributed by atoms with Gasteiger partial charge in [0.1, 0.15) is 5.69 Å². The highest BCUT2D eigenvalue weighted by Gasteiger charge is 2.46. The predicted octanol–water partition coefficient (Wildman–Crippen LogP) is 4.87. The van der Waals surface area contributed by atoms with E-state index in [4.69, 9.17) is 9.72 Å². The minimum atomic E-state index is -2.74. The molecule has 2 atom stereocenters. The fourth-order valence-electron chi connectivity index (χ4n) is 5.97. The van der Waals surface area contributed by atoms with Crippen LogP contribution in [0.2, 0.25) is 0 Å². The maximum absolute atomic E-state index is 14.0. The highest BCUT2D eigenvalue weighted by atomic mass is 19.3. The molecule has 3 aromatic rings. The molecule has 14 heteroatoms. The molecular formula is C29H37F4N7O3. The van der Waals surface area contributed by atoms with Crippen LogP contribution in [-0.4, -0.2) is 61.3 Å². The lowest BCUT2D eigenvalue weighted by atomic mass is 9.79. The minimum Gasteiger partial charge on any atom is -0.379 e. The van der Waals surface area contributed by atoms with Gasteiger partial charge in [0.2, 0.25) is 17.8 Å². The van der Waals surface area contributed by atoms with Gasteiger partial charge in [0.25, 0.3) is 5.91 Å². The Morgan fingerprint density at radius 3 is 2.51 bits per heavy atom. The Balaban J connectivity index is 1.38. The van der Waals surface area contributed by atoms with Crippen LogP contribution in [0.4, 0.5) is 17.6 Å². The van der Waals surface area contributed by atoms with Crippen molar-refractivity contribution in [1.82, 2.24) is 35.0 Å². The van der Waals surface area contributed by atoms with Crippen LogP contribution in [0.3, 0.4) is 0 Å². The zero-order valence-corrected chi connectivity index (χ0v) is 24.2. The number of rotatable bonds is 12. The smallest absolute Gasteiger partial charge is 0.270 e. The van der Waals surface area contributed by atoms with Gasteiger partial charge in [-0.3, -0.25) is 14.3 Å². The van der Waals surface area contributed by atoms with Crippen molar-refractivity contribution in [3.05, 3.63) is 47.7 Å². The van der Waals surface area contributed by atoms with E-state index >= 15 is 0 Å². The van der Waals surface area contributed by atoms with Gasteiger partial charge in [-0.25, -0.2) is 27.1 Å². The number of alkyl halides is 4. The van der Waals surface area contributed by atoms with Gasteiger partial charge in [-0.1, -0.05) is 0 Å². The largest absolute Gasteiger partial charge is 0.379 e. The van der Waals surface area contributed by atoms with Gasteiger partial charge in [-0.15, -0.1) is 0 Å². The second-order valence-corrected chi connectivity index (χ2v) is 11.5. The first kappa shape index (κ1) is 30.9. The van der Waals surface area contributed by atoms with E-state index in [0.717, 1.165) is 0 Å². The number of ether oxygens (including phenoxy) is 1. The van der Waals surface area contributed by atoms with Crippen LogP contribution in [0.15, 0.2) is 30.7 Å². The molecule has 10 nitrogen and oxygen atoms in total. The van der Waals surface area contributed by atoms with Gasteiger partial charge in [0.05, 0.1) is 36.8 Å². The van der Waals surface area contributed by atoms with Gasteiger partial charge < -0.3 is 15.4 Å². The van der Waals surface area contributed by atoms with Crippen molar-refractivity contribution in [3.8, 4) is 0 Å². The fraction of sp³-hybridized carbons (Fsp3) is 0.621. The third kappa shape index (κ3) is 7.34. The molecule has 0 saturated heterocycles. The second-order valence-electron chi connectivity index (χ2n) is 11.5. The summed E-state index contributed by atoms with van der Waals surface area (Å²) in [5.41, 5.74) is 1.88.